The molecule has 0 unspecified atom stereocenters. The third-order valence-corrected chi connectivity index (χ3v) is 5.26. The van der Waals surface area contributed by atoms with Gasteiger partial charge in [0.05, 0.1) is 32.1 Å². The number of nitrogens with zero attached hydrogens (tertiary/aromatic N) is 3. The molecule has 0 aliphatic heterocycles. The molecule has 0 bridgehead atoms. The molecule has 2 heterocycles. The predicted molar refractivity (Wildman–Crippen MR) is 112 cm³/mol. The first-order chi connectivity index (χ1) is 13.5. The first-order valence-corrected chi connectivity index (χ1v) is 9.25. The number of aromatic nitrogens is 3. The van der Waals surface area contributed by atoms with Crippen LogP contribution >= 0.6 is 23.7 Å². The normalized spacial score (nSPS) is 11.2. The number of esters is 1. The molecule has 0 aliphatic rings. The molecular formula is C19H20ClFN4O3S. The Kier molecular flexibility index (Phi) is 7.89. The van der Waals surface area contributed by atoms with E-state index in [0.29, 0.717) is 24.0 Å². The van der Waals surface area contributed by atoms with E-state index >= 15 is 0 Å². The van der Waals surface area contributed by atoms with Crippen molar-refractivity contribution in [2.75, 3.05) is 13.7 Å². The van der Waals surface area contributed by atoms with Crippen molar-refractivity contribution in [2.45, 2.75) is 13.1 Å². The number of hydrogen-bond donors (Lipinski definition) is 1. The summed E-state index contributed by atoms with van der Waals surface area (Å²) in [6.07, 6.45) is 1.84. The van der Waals surface area contributed by atoms with Gasteiger partial charge in [-0.25, -0.2) is 18.7 Å². The molecule has 10 heteroatoms. The second-order valence-corrected chi connectivity index (χ2v) is 7.17. The number of hydrogen-bond acceptors (Lipinski definition) is 6. The molecule has 154 valence electrons. The highest BCUT2D eigenvalue weighted by Gasteiger charge is 2.10. The van der Waals surface area contributed by atoms with Gasteiger partial charge in [-0.15, -0.1) is 23.7 Å². The Morgan fingerprint density at radius 2 is 2.00 bits per heavy atom. The summed E-state index contributed by atoms with van der Waals surface area (Å²) in [6, 6.07) is 11.0. The molecule has 0 radical (unpaired) electrons. The summed E-state index contributed by atoms with van der Waals surface area (Å²) in [5.41, 5.74) is 6.84. The zero-order valence-electron chi connectivity index (χ0n) is 15.6. The van der Waals surface area contributed by atoms with Crippen LogP contribution in [0.1, 0.15) is 15.2 Å². The second kappa shape index (κ2) is 10.1. The number of rotatable bonds is 7. The summed E-state index contributed by atoms with van der Waals surface area (Å²) >= 11 is 1.54. The monoisotopic (exact) mass is 438 g/mol. The number of benzene rings is 1. The fraction of sp³-hybridized carbons (Fsp3) is 0.211. The topological polar surface area (TPSA) is 92.1 Å². The maximum atomic E-state index is 12.7. The molecule has 1 aromatic carbocycles. The maximum Gasteiger partial charge on any atom is 0.346 e. The SMILES string of the molecule is COC(=O)c1ccc(-c2ccc(Cn3cnn(C/C(=C/F)CN)c3=O)s2)cc1.Cl. The number of methoxy groups -OCH3 is 1. The second-order valence-electron chi connectivity index (χ2n) is 6.01. The highest BCUT2D eigenvalue weighted by atomic mass is 35.5. The number of carbonyl (C=O) groups excluding carboxylic acids is 1. The van der Waals surface area contributed by atoms with Crippen molar-refractivity contribution >= 4 is 29.7 Å². The van der Waals surface area contributed by atoms with E-state index in [1.54, 1.807) is 12.1 Å². The van der Waals surface area contributed by atoms with Crippen molar-refractivity contribution in [3.8, 4) is 10.4 Å². The van der Waals surface area contributed by atoms with Gasteiger partial charge in [-0.3, -0.25) is 4.57 Å². The molecule has 29 heavy (non-hydrogen) atoms. The van der Waals surface area contributed by atoms with Crippen LogP contribution in [0.2, 0.25) is 0 Å². The van der Waals surface area contributed by atoms with Gasteiger partial charge < -0.3 is 10.5 Å². The van der Waals surface area contributed by atoms with Gasteiger partial charge in [0.25, 0.3) is 0 Å². The number of nitrogens with two attached hydrogens (primary N) is 1. The van der Waals surface area contributed by atoms with E-state index in [9.17, 15) is 14.0 Å². The first-order valence-electron chi connectivity index (χ1n) is 8.43. The lowest BCUT2D eigenvalue weighted by molar-refractivity contribution is 0.0601. The van der Waals surface area contributed by atoms with E-state index < -0.39 is 0 Å². The highest BCUT2D eigenvalue weighted by molar-refractivity contribution is 7.15. The van der Waals surface area contributed by atoms with Gasteiger partial charge in [-0.05, 0) is 35.4 Å². The van der Waals surface area contributed by atoms with Crippen molar-refractivity contribution < 1.29 is 13.9 Å². The van der Waals surface area contributed by atoms with Gasteiger partial charge in [0.15, 0.2) is 0 Å². The van der Waals surface area contributed by atoms with Crippen LogP contribution in [0.4, 0.5) is 4.39 Å². The average molecular weight is 439 g/mol. The van der Waals surface area contributed by atoms with Crippen LogP contribution in [0.3, 0.4) is 0 Å². The third kappa shape index (κ3) is 5.20. The van der Waals surface area contributed by atoms with E-state index in [1.165, 1.54) is 34.0 Å². The predicted octanol–water partition coefficient (Wildman–Crippen LogP) is 2.84. The molecule has 3 rings (SSSR count). The Labute approximate surface area is 176 Å². The fourth-order valence-electron chi connectivity index (χ4n) is 2.60. The van der Waals surface area contributed by atoms with Crippen LogP contribution < -0.4 is 11.4 Å². The summed E-state index contributed by atoms with van der Waals surface area (Å²) in [6.45, 7) is 0.418. The van der Waals surface area contributed by atoms with Crippen LogP contribution in [0, 0.1) is 0 Å². The third-order valence-electron chi connectivity index (χ3n) is 4.14. The average Bonchev–Trinajstić information content (AvgIpc) is 3.33. The first kappa shape index (κ1) is 22.5. The molecule has 3 aromatic rings. The molecule has 2 N–H and O–H groups in total. The zero-order valence-corrected chi connectivity index (χ0v) is 17.2. The molecule has 0 amide bonds. The molecule has 0 saturated heterocycles. The summed E-state index contributed by atoms with van der Waals surface area (Å²) in [5, 5.41) is 4.01. The van der Waals surface area contributed by atoms with Crippen LogP contribution in [0.15, 0.2) is 59.4 Å². The van der Waals surface area contributed by atoms with Gasteiger partial charge in [0, 0.05) is 16.3 Å². The quantitative estimate of drug-likeness (QED) is 0.572. The zero-order chi connectivity index (χ0) is 20.1. The van der Waals surface area contributed by atoms with Crippen LogP contribution in [0.5, 0.6) is 0 Å². The largest absolute Gasteiger partial charge is 0.465 e. The van der Waals surface area contributed by atoms with Gasteiger partial charge in [0.1, 0.15) is 6.33 Å². The molecule has 0 fully saturated rings. The molecule has 2 aromatic heterocycles. The van der Waals surface area contributed by atoms with Crippen LogP contribution in [-0.2, 0) is 17.8 Å². The van der Waals surface area contributed by atoms with Gasteiger partial charge >= 0.3 is 11.7 Å². The molecule has 0 saturated carbocycles. The van der Waals surface area contributed by atoms with Gasteiger partial charge in [0.2, 0.25) is 0 Å². The smallest absolute Gasteiger partial charge is 0.346 e. The van der Waals surface area contributed by atoms with E-state index in [2.05, 4.69) is 5.10 Å². The number of ether oxygens (including phenoxy) is 1. The Bertz CT molecular complexity index is 1060. The minimum Gasteiger partial charge on any atom is -0.465 e. The number of carbonyl (C=O) groups is 1. The van der Waals surface area contributed by atoms with Gasteiger partial charge in [-0.2, -0.15) is 5.10 Å². The Morgan fingerprint density at radius 1 is 1.28 bits per heavy atom. The van der Waals surface area contributed by atoms with E-state index in [0.717, 1.165) is 15.3 Å². The Hall–Kier alpha value is -2.75. The lowest BCUT2D eigenvalue weighted by Gasteiger charge is -2.02. The van der Waals surface area contributed by atoms with Crippen molar-refractivity contribution in [1.29, 1.82) is 0 Å². The number of halogens is 2. The molecule has 7 nitrogen and oxygen atoms in total. The van der Waals surface area contributed by atoms with Crippen molar-refractivity contribution in [3.05, 3.63) is 75.6 Å². The van der Waals surface area contributed by atoms with Crippen LogP contribution in [-0.4, -0.2) is 34.0 Å². The summed E-state index contributed by atoms with van der Waals surface area (Å²) in [5.74, 6) is -0.379. The Balaban J connectivity index is 0.00000300. The lowest BCUT2D eigenvalue weighted by atomic mass is 10.1. The van der Waals surface area contributed by atoms with E-state index in [1.807, 2.05) is 24.3 Å². The lowest BCUT2D eigenvalue weighted by Crippen LogP contribution is -2.26. The number of thiophene rings is 1. The minimum atomic E-state index is -0.379. The highest BCUT2D eigenvalue weighted by Crippen LogP contribution is 2.28. The standard InChI is InChI=1S/C19H19FN4O3S.ClH/c1-27-18(25)15-4-2-14(3-5-15)17-7-6-16(28-17)11-23-12-22-24(19(23)26)10-13(8-20)9-21;/h2-8,12H,9-11,21H2,1H3;1H/b13-8+;. The van der Waals surface area contributed by atoms with Crippen LogP contribution in [0.25, 0.3) is 10.4 Å². The van der Waals surface area contributed by atoms with E-state index in [-0.39, 0.29) is 37.2 Å². The molecular weight excluding hydrogens is 419 g/mol. The van der Waals surface area contributed by atoms with Crippen molar-refractivity contribution in [2.24, 2.45) is 5.73 Å². The molecule has 0 aliphatic carbocycles. The summed E-state index contributed by atoms with van der Waals surface area (Å²) in [7, 11) is 1.34. The Morgan fingerprint density at radius 3 is 2.62 bits per heavy atom. The summed E-state index contributed by atoms with van der Waals surface area (Å²) in [4.78, 5) is 25.9. The minimum absolute atomic E-state index is 0. The summed E-state index contributed by atoms with van der Waals surface area (Å²) < 4.78 is 20.0. The van der Waals surface area contributed by atoms with Gasteiger partial charge in [-0.1, -0.05) is 12.1 Å². The van der Waals surface area contributed by atoms with E-state index in [4.69, 9.17) is 10.5 Å². The van der Waals surface area contributed by atoms with Crippen molar-refractivity contribution in [3.63, 3.8) is 0 Å². The maximum absolute atomic E-state index is 12.7. The van der Waals surface area contributed by atoms with Crippen molar-refractivity contribution in [1.82, 2.24) is 14.3 Å². The molecule has 0 atom stereocenters. The fourth-order valence-corrected chi connectivity index (χ4v) is 3.61. The molecule has 0 spiro atoms.